The Labute approximate surface area is 89.5 Å². The molecule has 15 heavy (non-hydrogen) atoms. The maximum Gasteiger partial charge on any atom is 0.152 e. The number of nitrogens with zero attached hydrogens (tertiary/aromatic N) is 1. The van der Waals surface area contributed by atoms with Gasteiger partial charge in [-0.3, -0.25) is 4.79 Å². The van der Waals surface area contributed by atoms with Crippen molar-refractivity contribution in [3.05, 3.63) is 36.0 Å². The van der Waals surface area contributed by atoms with E-state index < -0.39 is 0 Å². The van der Waals surface area contributed by atoms with E-state index in [2.05, 4.69) is 31.2 Å². The molecule has 0 bridgehead atoms. The van der Waals surface area contributed by atoms with E-state index in [4.69, 9.17) is 0 Å². The Morgan fingerprint density at radius 1 is 1.33 bits per heavy atom. The second-order valence-corrected chi connectivity index (χ2v) is 3.90. The summed E-state index contributed by atoms with van der Waals surface area (Å²) in [5.74, 6) is 0.271. The zero-order valence-electron chi connectivity index (χ0n) is 9.16. The van der Waals surface area contributed by atoms with Gasteiger partial charge in [0.1, 0.15) is 0 Å². The van der Waals surface area contributed by atoms with Crippen LogP contribution >= 0.6 is 0 Å². The summed E-state index contributed by atoms with van der Waals surface area (Å²) in [6.45, 7) is 4.47. The Bertz CT molecular complexity index is 496. The first-order valence-electron chi connectivity index (χ1n) is 5.28. The standard InChI is InChI=1S/C13H15NO/c1-3-12(15)9-14-7-6-11-8-10(2)4-5-13(11)14/h4-8H,3,9H2,1-2H3. The minimum Gasteiger partial charge on any atom is -0.340 e. The molecule has 0 saturated carbocycles. The van der Waals surface area contributed by atoms with E-state index in [1.165, 1.54) is 10.9 Å². The van der Waals surface area contributed by atoms with Crippen LogP contribution in [0.4, 0.5) is 0 Å². The summed E-state index contributed by atoms with van der Waals surface area (Å²) < 4.78 is 2.01. The molecule has 0 radical (unpaired) electrons. The summed E-state index contributed by atoms with van der Waals surface area (Å²) >= 11 is 0. The molecule has 0 atom stereocenters. The molecule has 0 aliphatic heterocycles. The van der Waals surface area contributed by atoms with Crippen LogP contribution in [0.5, 0.6) is 0 Å². The zero-order valence-corrected chi connectivity index (χ0v) is 9.16. The Balaban J connectivity index is 2.41. The highest BCUT2D eigenvalue weighted by atomic mass is 16.1. The van der Waals surface area contributed by atoms with Gasteiger partial charge in [-0.2, -0.15) is 0 Å². The van der Waals surface area contributed by atoms with Gasteiger partial charge in [0, 0.05) is 18.1 Å². The number of fused-ring (bicyclic) bond motifs is 1. The number of benzene rings is 1. The minimum atomic E-state index is 0.271. The Hall–Kier alpha value is -1.57. The number of Topliss-reactive ketones (excluding diaryl/α,β-unsaturated/α-hetero) is 1. The van der Waals surface area contributed by atoms with Gasteiger partial charge in [-0.05, 0) is 30.5 Å². The number of hydrogen-bond donors (Lipinski definition) is 0. The summed E-state index contributed by atoms with van der Waals surface area (Å²) in [5.41, 5.74) is 2.39. The van der Waals surface area contributed by atoms with Gasteiger partial charge in [0.25, 0.3) is 0 Å². The van der Waals surface area contributed by atoms with Crippen molar-refractivity contribution >= 4 is 16.7 Å². The quantitative estimate of drug-likeness (QED) is 0.748. The van der Waals surface area contributed by atoms with Crippen LogP contribution in [0.25, 0.3) is 10.9 Å². The van der Waals surface area contributed by atoms with Gasteiger partial charge in [0.2, 0.25) is 0 Å². The number of carbonyl (C=O) groups is 1. The lowest BCUT2D eigenvalue weighted by molar-refractivity contribution is -0.119. The van der Waals surface area contributed by atoms with Gasteiger partial charge in [-0.1, -0.05) is 18.6 Å². The lowest BCUT2D eigenvalue weighted by Gasteiger charge is -2.03. The first-order chi connectivity index (χ1) is 7.20. The number of aromatic nitrogens is 1. The fourth-order valence-electron chi connectivity index (χ4n) is 1.76. The van der Waals surface area contributed by atoms with Gasteiger partial charge in [0.05, 0.1) is 6.54 Å². The van der Waals surface area contributed by atoms with Gasteiger partial charge in [-0.15, -0.1) is 0 Å². The van der Waals surface area contributed by atoms with Crippen LogP contribution in [0.1, 0.15) is 18.9 Å². The smallest absolute Gasteiger partial charge is 0.152 e. The minimum absolute atomic E-state index is 0.271. The lowest BCUT2D eigenvalue weighted by atomic mass is 10.2. The highest BCUT2D eigenvalue weighted by Gasteiger charge is 2.04. The fraction of sp³-hybridized carbons (Fsp3) is 0.308. The second-order valence-electron chi connectivity index (χ2n) is 3.90. The molecule has 1 aromatic carbocycles. The molecule has 0 aliphatic rings. The van der Waals surface area contributed by atoms with Crippen molar-refractivity contribution in [3.63, 3.8) is 0 Å². The third kappa shape index (κ3) is 1.94. The van der Waals surface area contributed by atoms with E-state index in [1.807, 2.05) is 17.7 Å². The van der Waals surface area contributed by atoms with Crippen LogP contribution in [-0.2, 0) is 11.3 Å². The van der Waals surface area contributed by atoms with E-state index in [-0.39, 0.29) is 5.78 Å². The molecule has 78 valence electrons. The molecule has 0 amide bonds. The lowest BCUT2D eigenvalue weighted by Crippen LogP contribution is -2.07. The summed E-state index contributed by atoms with van der Waals surface area (Å²) in [6.07, 6.45) is 2.59. The molecule has 2 aromatic rings. The highest BCUT2D eigenvalue weighted by Crippen LogP contribution is 2.17. The van der Waals surface area contributed by atoms with Crippen molar-refractivity contribution in [2.75, 3.05) is 0 Å². The zero-order chi connectivity index (χ0) is 10.8. The molecule has 1 heterocycles. The summed E-state index contributed by atoms with van der Waals surface area (Å²) in [7, 11) is 0. The molecule has 0 fully saturated rings. The summed E-state index contributed by atoms with van der Waals surface area (Å²) in [4.78, 5) is 11.4. The largest absolute Gasteiger partial charge is 0.340 e. The normalized spacial score (nSPS) is 10.8. The average Bonchev–Trinajstić information content (AvgIpc) is 2.60. The SMILES string of the molecule is CCC(=O)Cn1ccc2cc(C)ccc21. The Morgan fingerprint density at radius 3 is 2.87 bits per heavy atom. The van der Waals surface area contributed by atoms with Crippen molar-refractivity contribution < 1.29 is 4.79 Å². The van der Waals surface area contributed by atoms with Crippen LogP contribution < -0.4 is 0 Å². The molecule has 2 heteroatoms. The van der Waals surface area contributed by atoms with Gasteiger partial charge >= 0.3 is 0 Å². The van der Waals surface area contributed by atoms with E-state index in [0.717, 1.165) is 5.52 Å². The van der Waals surface area contributed by atoms with Crippen molar-refractivity contribution in [2.45, 2.75) is 26.8 Å². The van der Waals surface area contributed by atoms with Crippen molar-refractivity contribution in [1.29, 1.82) is 0 Å². The molecular formula is C13H15NO. The van der Waals surface area contributed by atoms with Crippen LogP contribution in [0.15, 0.2) is 30.5 Å². The third-order valence-electron chi connectivity index (χ3n) is 2.67. The van der Waals surface area contributed by atoms with Gasteiger partial charge in [0.15, 0.2) is 5.78 Å². The van der Waals surface area contributed by atoms with Gasteiger partial charge in [-0.25, -0.2) is 0 Å². The molecule has 0 unspecified atom stereocenters. The van der Waals surface area contributed by atoms with Gasteiger partial charge < -0.3 is 4.57 Å². The van der Waals surface area contributed by atoms with Crippen molar-refractivity contribution in [1.82, 2.24) is 4.57 Å². The number of aryl methyl sites for hydroxylation is 1. The van der Waals surface area contributed by atoms with Crippen LogP contribution in [0.3, 0.4) is 0 Å². The molecule has 0 aliphatic carbocycles. The number of hydrogen-bond acceptors (Lipinski definition) is 1. The molecule has 1 aromatic heterocycles. The maximum absolute atomic E-state index is 11.4. The second kappa shape index (κ2) is 3.89. The highest BCUT2D eigenvalue weighted by molar-refractivity contribution is 5.84. The van der Waals surface area contributed by atoms with Crippen LogP contribution in [-0.4, -0.2) is 10.4 Å². The summed E-state index contributed by atoms with van der Waals surface area (Å²) in [5, 5.41) is 1.21. The maximum atomic E-state index is 11.4. The van der Waals surface area contributed by atoms with Crippen molar-refractivity contribution in [3.8, 4) is 0 Å². The van der Waals surface area contributed by atoms with Crippen LogP contribution in [0.2, 0.25) is 0 Å². The van der Waals surface area contributed by atoms with Crippen LogP contribution in [0, 0.1) is 6.92 Å². The molecular weight excluding hydrogens is 186 g/mol. The fourth-order valence-corrected chi connectivity index (χ4v) is 1.76. The third-order valence-corrected chi connectivity index (χ3v) is 2.67. The molecule has 0 N–H and O–H groups in total. The van der Waals surface area contributed by atoms with E-state index in [1.54, 1.807) is 0 Å². The molecule has 2 nitrogen and oxygen atoms in total. The number of ketones is 1. The first kappa shape index (κ1) is 9.97. The van der Waals surface area contributed by atoms with E-state index in [0.29, 0.717) is 13.0 Å². The molecule has 0 spiro atoms. The number of rotatable bonds is 3. The molecule has 2 rings (SSSR count). The van der Waals surface area contributed by atoms with Crippen molar-refractivity contribution in [2.24, 2.45) is 0 Å². The predicted molar refractivity (Wildman–Crippen MR) is 62.0 cm³/mol. The average molecular weight is 201 g/mol. The monoisotopic (exact) mass is 201 g/mol. The summed E-state index contributed by atoms with van der Waals surface area (Å²) in [6, 6.07) is 8.36. The van der Waals surface area contributed by atoms with E-state index in [9.17, 15) is 4.79 Å². The molecule has 0 saturated heterocycles. The topological polar surface area (TPSA) is 22.0 Å². The Morgan fingerprint density at radius 2 is 2.13 bits per heavy atom. The predicted octanol–water partition coefficient (Wildman–Crippen LogP) is 2.93. The number of carbonyl (C=O) groups excluding carboxylic acids is 1. The Kier molecular flexibility index (Phi) is 2.58. The van der Waals surface area contributed by atoms with E-state index >= 15 is 0 Å². The first-order valence-corrected chi connectivity index (χ1v) is 5.28.